The predicted molar refractivity (Wildman–Crippen MR) is 81.4 cm³/mol. The van der Waals surface area contributed by atoms with Crippen LogP contribution >= 0.6 is 0 Å². The highest BCUT2D eigenvalue weighted by molar-refractivity contribution is 5.57. The summed E-state index contributed by atoms with van der Waals surface area (Å²) in [4.78, 5) is 13.3. The van der Waals surface area contributed by atoms with Crippen molar-refractivity contribution >= 4 is 11.6 Å². The van der Waals surface area contributed by atoms with Gasteiger partial charge in [0.25, 0.3) is 0 Å². The molecule has 0 aliphatic carbocycles. The third kappa shape index (κ3) is 3.68. The SMILES string of the molecule is CCNc1nc(C(C)C)nc(NCc2nc(C)no2)c1C. The van der Waals surface area contributed by atoms with Crippen molar-refractivity contribution < 1.29 is 4.52 Å². The van der Waals surface area contributed by atoms with Crippen molar-refractivity contribution in [1.82, 2.24) is 20.1 Å². The molecule has 0 saturated heterocycles. The van der Waals surface area contributed by atoms with Crippen molar-refractivity contribution in [3.63, 3.8) is 0 Å². The Kier molecular flexibility index (Phi) is 4.72. The van der Waals surface area contributed by atoms with E-state index in [1.165, 1.54) is 0 Å². The van der Waals surface area contributed by atoms with E-state index in [-0.39, 0.29) is 5.92 Å². The molecule has 0 fully saturated rings. The number of nitrogens with one attached hydrogen (secondary N) is 2. The van der Waals surface area contributed by atoms with Crippen LogP contribution in [0.4, 0.5) is 11.6 Å². The molecular formula is C14H22N6O. The van der Waals surface area contributed by atoms with Gasteiger partial charge in [-0.2, -0.15) is 4.98 Å². The van der Waals surface area contributed by atoms with Gasteiger partial charge in [-0.05, 0) is 20.8 Å². The topological polar surface area (TPSA) is 88.8 Å². The van der Waals surface area contributed by atoms with Crippen LogP contribution in [0.25, 0.3) is 0 Å². The minimum atomic E-state index is 0.259. The maximum atomic E-state index is 5.10. The molecule has 2 rings (SSSR count). The van der Waals surface area contributed by atoms with Crippen LogP contribution < -0.4 is 10.6 Å². The van der Waals surface area contributed by atoms with Crippen LogP contribution in [-0.2, 0) is 6.54 Å². The molecule has 0 aromatic carbocycles. The lowest BCUT2D eigenvalue weighted by Gasteiger charge is -2.15. The van der Waals surface area contributed by atoms with Crippen LogP contribution in [0.3, 0.4) is 0 Å². The first-order valence-electron chi connectivity index (χ1n) is 7.16. The summed E-state index contributed by atoms with van der Waals surface area (Å²) in [5.74, 6) is 3.89. The van der Waals surface area contributed by atoms with Crippen LogP contribution in [0, 0.1) is 13.8 Å². The molecule has 0 aliphatic rings. The van der Waals surface area contributed by atoms with Gasteiger partial charge in [0.1, 0.15) is 17.5 Å². The number of hydrogen-bond acceptors (Lipinski definition) is 7. The number of anilines is 2. The molecule has 114 valence electrons. The van der Waals surface area contributed by atoms with E-state index >= 15 is 0 Å². The molecule has 2 aromatic heterocycles. The first kappa shape index (κ1) is 15.2. The highest BCUT2D eigenvalue weighted by Crippen LogP contribution is 2.23. The molecule has 0 aliphatic heterocycles. The van der Waals surface area contributed by atoms with E-state index in [1.54, 1.807) is 6.92 Å². The third-order valence-corrected chi connectivity index (χ3v) is 3.00. The quantitative estimate of drug-likeness (QED) is 0.845. The van der Waals surface area contributed by atoms with Gasteiger partial charge in [-0.15, -0.1) is 0 Å². The molecule has 0 radical (unpaired) electrons. The predicted octanol–water partition coefficient (Wildman–Crippen LogP) is 2.64. The summed E-state index contributed by atoms with van der Waals surface area (Å²) in [6, 6.07) is 0. The molecule has 0 atom stereocenters. The van der Waals surface area contributed by atoms with Crippen molar-refractivity contribution in [2.75, 3.05) is 17.2 Å². The molecule has 2 N–H and O–H groups in total. The Balaban J connectivity index is 2.23. The van der Waals surface area contributed by atoms with Gasteiger partial charge in [-0.25, -0.2) is 9.97 Å². The molecule has 0 bridgehead atoms. The van der Waals surface area contributed by atoms with Gasteiger partial charge in [0.15, 0.2) is 5.82 Å². The minimum Gasteiger partial charge on any atom is -0.370 e. The van der Waals surface area contributed by atoms with Crippen molar-refractivity contribution in [1.29, 1.82) is 0 Å². The van der Waals surface area contributed by atoms with Crippen LogP contribution in [-0.4, -0.2) is 26.7 Å². The lowest BCUT2D eigenvalue weighted by molar-refractivity contribution is 0.379. The van der Waals surface area contributed by atoms with Gasteiger partial charge in [0, 0.05) is 18.0 Å². The summed E-state index contributed by atoms with van der Waals surface area (Å²) >= 11 is 0. The van der Waals surface area contributed by atoms with Gasteiger partial charge >= 0.3 is 0 Å². The summed E-state index contributed by atoms with van der Waals surface area (Å²) in [5, 5.41) is 10.3. The second-order valence-electron chi connectivity index (χ2n) is 5.18. The maximum absolute atomic E-state index is 5.10. The van der Waals surface area contributed by atoms with E-state index in [0.717, 1.165) is 29.6 Å². The molecule has 0 unspecified atom stereocenters. The molecule has 0 spiro atoms. The van der Waals surface area contributed by atoms with E-state index in [4.69, 9.17) is 4.52 Å². The molecule has 7 heteroatoms. The number of nitrogens with zero attached hydrogens (tertiary/aromatic N) is 4. The van der Waals surface area contributed by atoms with Crippen LogP contribution in [0.5, 0.6) is 0 Å². The fraction of sp³-hybridized carbons (Fsp3) is 0.571. The number of hydrogen-bond donors (Lipinski definition) is 2. The monoisotopic (exact) mass is 290 g/mol. The van der Waals surface area contributed by atoms with Gasteiger partial charge < -0.3 is 15.2 Å². The molecule has 2 aromatic rings. The van der Waals surface area contributed by atoms with Gasteiger partial charge in [0.2, 0.25) is 5.89 Å². The molecular weight excluding hydrogens is 268 g/mol. The smallest absolute Gasteiger partial charge is 0.245 e. The Hall–Kier alpha value is -2.18. The normalized spacial score (nSPS) is 11.0. The van der Waals surface area contributed by atoms with Crippen LogP contribution in [0.1, 0.15) is 49.8 Å². The zero-order valence-corrected chi connectivity index (χ0v) is 13.2. The van der Waals surface area contributed by atoms with Crippen molar-refractivity contribution in [2.24, 2.45) is 0 Å². The first-order chi connectivity index (χ1) is 10.0. The second-order valence-corrected chi connectivity index (χ2v) is 5.18. The highest BCUT2D eigenvalue weighted by Gasteiger charge is 2.13. The van der Waals surface area contributed by atoms with E-state index in [0.29, 0.717) is 18.3 Å². The Morgan fingerprint density at radius 2 is 1.71 bits per heavy atom. The molecule has 0 amide bonds. The average molecular weight is 290 g/mol. The molecule has 7 nitrogen and oxygen atoms in total. The molecule has 21 heavy (non-hydrogen) atoms. The fourth-order valence-electron chi connectivity index (χ4n) is 1.87. The van der Waals surface area contributed by atoms with Crippen LogP contribution in [0.2, 0.25) is 0 Å². The number of rotatable bonds is 6. The van der Waals surface area contributed by atoms with Crippen molar-refractivity contribution in [3.8, 4) is 0 Å². The largest absolute Gasteiger partial charge is 0.370 e. The van der Waals surface area contributed by atoms with Gasteiger partial charge in [-0.1, -0.05) is 19.0 Å². The van der Waals surface area contributed by atoms with Crippen molar-refractivity contribution in [3.05, 3.63) is 23.1 Å². The van der Waals surface area contributed by atoms with Crippen molar-refractivity contribution in [2.45, 2.75) is 47.1 Å². The second kappa shape index (κ2) is 6.51. The Bertz CT molecular complexity index is 608. The first-order valence-corrected chi connectivity index (χ1v) is 7.16. The maximum Gasteiger partial charge on any atom is 0.245 e. The third-order valence-electron chi connectivity index (χ3n) is 3.00. The Labute approximate surface area is 124 Å². The zero-order chi connectivity index (χ0) is 15.4. The molecule has 2 heterocycles. The van der Waals surface area contributed by atoms with Gasteiger partial charge in [0.05, 0.1) is 6.54 Å². The highest BCUT2D eigenvalue weighted by atomic mass is 16.5. The summed E-state index contributed by atoms with van der Waals surface area (Å²) in [5.41, 5.74) is 0.984. The van der Waals surface area contributed by atoms with E-state index in [2.05, 4.69) is 44.6 Å². The van der Waals surface area contributed by atoms with Gasteiger partial charge in [-0.3, -0.25) is 0 Å². The summed E-state index contributed by atoms with van der Waals surface area (Å²) < 4.78 is 5.10. The lowest BCUT2D eigenvalue weighted by atomic mass is 10.2. The Morgan fingerprint density at radius 3 is 2.24 bits per heavy atom. The summed E-state index contributed by atoms with van der Waals surface area (Å²) in [6.45, 7) is 11.2. The van der Waals surface area contributed by atoms with E-state index in [9.17, 15) is 0 Å². The minimum absolute atomic E-state index is 0.259. The van der Waals surface area contributed by atoms with E-state index in [1.807, 2.05) is 13.8 Å². The Morgan fingerprint density at radius 1 is 1.05 bits per heavy atom. The zero-order valence-electron chi connectivity index (χ0n) is 13.2. The number of aryl methyl sites for hydroxylation is 1. The molecule has 0 saturated carbocycles. The average Bonchev–Trinajstić information content (AvgIpc) is 2.85. The number of aromatic nitrogens is 4. The van der Waals surface area contributed by atoms with E-state index < -0.39 is 0 Å². The van der Waals surface area contributed by atoms with Crippen LogP contribution in [0.15, 0.2) is 4.52 Å². The summed E-state index contributed by atoms with van der Waals surface area (Å²) in [6.07, 6.45) is 0. The fourth-order valence-corrected chi connectivity index (χ4v) is 1.87. The standard InChI is InChI=1S/C14H22N6O/c1-6-15-13-9(4)14(19-12(18-13)8(2)3)16-7-11-17-10(5)20-21-11/h8H,6-7H2,1-5H3,(H2,15,16,18,19). The lowest BCUT2D eigenvalue weighted by Crippen LogP contribution is -2.12. The summed E-state index contributed by atoms with van der Waals surface area (Å²) in [7, 11) is 0.